The molecule has 1 aromatic heterocycles. The van der Waals surface area contributed by atoms with Gasteiger partial charge in [0.2, 0.25) is 0 Å². The number of hydrogen-bond donors (Lipinski definition) is 3. The molecule has 0 aliphatic carbocycles. The van der Waals surface area contributed by atoms with Crippen molar-refractivity contribution in [2.75, 3.05) is 17.9 Å². The van der Waals surface area contributed by atoms with Crippen molar-refractivity contribution < 1.29 is 4.74 Å². The van der Waals surface area contributed by atoms with Crippen LogP contribution in [0.15, 0.2) is 24.5 Å². The molecular formula is C13H16ClN5O. The number of halogens is 1. The molecule has 0 saturated heterocycles. The van der Waals surface area contributed by atoms with Gasteiger partial charge in [-0.25, -0.2) is 15.8 Å². The van der Waals surface area contributed by atoms with Crippen LogP contribution >= 0.6 is 11.6 Å². The highest BCUT2D eigenvalue weighted by molar-refractivity contribution is 6.32. The Labute approximate surface area is 122 Å². The number of rotatable bonds is 5. The number of nitrogens with two attached hydrogens (primary N) is 1. The fourth-order valence-electron chi connectivity index (χ4n) is 1.86. The molecule has 4 N–H and O–H groups in total. The van der Waals surface area contributed by atoms with Crippen LogP contribution in [0.2, 0.25) is 5.02 Å². The summed E-state index contributed by atoms with van der Waals surface area (Å²) in [6, 6.07) is 5.43. The summed E-state index contributed by atoms with van der Waals surface area (Å²) in [5.74, 6) is 7.36. The van der Waals surface area contributed by atoms with E-state index in [1.165, 1.54) is 6.33 Å². The zero-order valence-corrected chi connectivity index (χ0v) is 12.0. The van der Waals surface area contributed by atoms with Gasteiger partial charge in [-0.1, -0.05) is 18.5 Å². The molecule has 0 fully saturated rings. The lowest BCUT2D eigenvalue weighted by atomic mass is 10.2. The van der Waals surface area contributed by atoms with Crippen molar-refractivity contribution in [1.29, 1.82) is 0 Å². The normalized spacial score (nSPS) is 10.2. The highest BCUT2D eigenvalue weighted by Crippen LogP contribution is 2.30. The van der Waals surface area contributed by atoms with Gasteiger partial charge in [-0.15, -0.1) is 0 Å². The Morgan fingerprint density at radius 3 is 2.65 bits per heavy atom. The summed E-state index contributed by atoms with van der Waals surface area (Å²) in [6.07, 6.45) is 2.19. The van der Waals surface area contributed by atoms with Crippen LogP contribution in [0.1, 0.15) is 12.5 Å². The molecule has 1 aromatic carbocycles. The molecule has 0 atom stereocenters. The van der Waals surface area contributed by atoms with Crippen molar-refractivity contribution in [2.24, 2.45) is 5.84 Å². The Balaban J connectivity index is 2.32. The summed E-state index contributed by atoms with van der Waals surface area (Å²) < 4.78 is 5.12. The van der Waals surface area contributed by atoms with Gasteiger partial charge in [0.05, 0.1) is 12.1 Å². The average Bonchev–Trinajstić information content (AvgIpc) is 2.47. The standard InChI is InChI=1S/C13H16ClN5O/c1-3-9-12(16-7-17-13(9)19-15)18-8-4-5-11(20-2)10(14)6-8/h4-7H,3,15H2,1-2H3,(H2,16,17,18,19). The first-order chi connectivity index (χ1) is 9.69. The molecule has 0 unspecified atom stereocenters. The Bertz CT molecular complexity index is 605. The molecule has 2 aromatic rings. The number of aromatic nitrogens is 2. The minimum atomic E-state index is 0.529. The van der Waals surface area contributed by atoms with Gasteiger partial charge in [0.1, 0.15) is 23.7 Å². The summed E-state index contributed by atoms with van der Waals surface area (Å²) in [5.41, 5.74) is 4.28. The Hall–Kier alpha value is -2.05. The molecule has 0 aliphatic rings. The SMILES string of the molecule is CCc1c(NN)ncnc1Nc1ccc(OC)c(Cl)c1. The maximum atomic E-state index is 6.10. The molecule has 0 saturated carbocycles. The number of nitrogens with zero attached hydrogens (tertiary/aromatic N) is 2. The third-order valence-electron chi connectivity index (χ3n) is 2.85. The Kier molecular flexibility index (Phi) is 4.60. The van der Waals surface area contributed by atoms with E-state index in [2.05, 4.69) is 20.7 Å². The van der Waals surface area contributed by atoms with Crippen LogP contribution in [0, 0.1) is 0 Å². The minimum absolute atomic E-state index is 0.529. The van der Waals surface area contributed by atoms with E-state index in [-0.39, 0.29) is 0 Å². The van der Waals surface area contributed by atoms with Crippen LogP contribution in [-0.4, -0.2) is 17.1 Å². The molecule has 6 nitrogen and oxygen atoms in total. The lowest BCUT2D eigenvalue weighted by Crippen LogP contribution is -2.13. The monoisotopic (exact) mass is 293 g/mol. The Morgan fingerprint density at radius 1 is 1.30 bits per heavy atom. The summed E-state index contributed by atoms with van der Waals surface area (Å²) in [7, 11) is 1.58. The molecule has 0 amide bonds. The van der Waals surface area contributed by atoms with Crippen molar-refractivity contribution in [3.05, 3.63) is 35.1 Å². The van der Waals surface area contributed by atoms with Crippen molar-refractivity contribution >= 4 is 28.9 Å². The van der Waals surface area contributed by atoms with Crippen LogP contribution in [-0.2, 0) is 6.42 Å². The smallest absolute Gasteiger partial charge is 0.148 e. The zero-order valence-electron chi connectivity index (χ0n) is 11.3. The van der Waals surface area contributed by atoms with Gasteiger partial charge in [-0.2, -0.15) is 0 Å². The molecule has 20 heavy (non-hydrogen) atoms. The van der Waals surface area contributed by atoms with E-state index in [1.54, 1.807) is 19.2 Å². The second-order valence-electron chi connectivity index (χ2n) is 4.02. The first-order valence-electron chi connectivity index (χ1n) is 6.10. The molecule has 106 valence electrons. The fourth-order valence-corrected chi connectivity index (χ4v) is 2.12. The summed E-state index contributed by atoms with van der Waals surface area (Å²) in [5, 5.41) is 3.73. The lowest BCUT2D eigenvalue weighted by molar-refractivity contribution is 0.415. The van der Waals surface area contributed by atoms with Crippen LogP contribution in [0.3, 0.4) is 0 Å². The summed E-state index contributed by atoms with van der Waals surface area (Å²) >= 11 is 6.10. The number of ether oxygens (including phenoxy) is 1. The average molecular weight is 294 g/mol. The predicted octanol–water partition coefficient (Wildman–Crippen LogP) is 2.73. The van der Waals surface area contributed by atoms with Gasteiger partial charge in [0.25, 0.3) is 0 Å². The van der Waals surface area contributed by atoms with Gasteiger partial charge < -0.3 is 15.5 Å². The lowest BCUT2D eigenvalue weighted by Gasteiger charge is -2.13. The summed E-state index contributed by atoms with van der Waals surface area (Å²) in [6.45, 7) is 2.01. The van der Waals surface area contributed by atoms with E-state index in [1.807, 2.05) is 13.0 Å². The molecule has 0 spiro atoms. The first-order valence-corrected chi connectivity index (χ1v) is 6.48. The maximum Gasteiger partial charge on any atom is 0.148 e. The van der Waals surface area contributed by atoms with Crippen LogP contribution in [0.25, 0.3) is 0 Å². The zero-order chi connectivity index (χ0) is 14.5. The van der Waals surface area contributed by atoms with Gasteiger partial charge in [0, 0.05) is 11.3 Å². The highest BCUT2D eigenvalue weighted by Gasteiger charge is 2.10. The molecule has 0 bridgehead atoms. The number of hydrogen-bond acceptors (Lipinski definition) is 6. The quantitative estimate of drug-likeness (QED) is 0.580. The molecule has 0 radical (unpaired) electrons. The topological polar surface area (TPSA) is 85.1 Å². The number of anilines is 3. The number of nitrogens with one attached hydrogen (secondary N) is 2. The van der Waals surface area contributed by atoms with Gasteiger partial charge in [0.15, 0.2) is 0 Å². The second-order valence-corrected chi connectivity index (χ2v) is 4.43. The number of methoxy groups -OCH3 is 1. The van der Waals surface area contributed by atoms with Crippen LogP contribution in [0.4, 0.5) is 17.3 Å². The number of nitrogen functional groups attached to an aromatic ring is 1. The van der Waals surface area contributed by atoms with E-state index in [4.69, 9.17) is 22.2 Å². The fraction of sp³-hybridized carbons (Fsp3) is 0.231. The third kappa shape index (κ3) is 2.92. The van der Waals surface area contributed by atoms with E-state index in [0.29, 0.717) is 22.4 Å². The van der Waals surface area contributed by atoms with Crippen LogP contribution < -0.4 is 21.3 Å². The van der Waals surface area contributed by atoms with E-state index in [0.717, 1.165) is 17.7 Å². The third-order valence-corrected chi connectivity index (χ3v) is 3.15. The Morgan fingerprint density at radius 2 is 2.05 bits per heavy atom. The van der Waals surface area contributed by atoms with Crippen molar-refractivity contribution in [3.63, 3.8) is 0 Å². The van der Waals surface area contributed by atoms with E-state index in [9.17, 15) is 0 Å². The van der Waals surface area contributed by atoms with Gasteiger partial charge in [-0.3, -0.25) is 0 Å². The van der Waals surface area contributed by atoms with E-state index >= 15 is 0 Å². The molecule has 1 heterocycles. The summed E-state index contributed by atoms with van der Waals surface area (Å²) in [4.78, 5) is 8.32. The molecular weight excluding hydrogens is 278 g/mol. The molecule has 0 aliphatic heterocycles. The van der Waals surface area contributed by atoms with Crippen molar-refractivity contribution in [1.82, 2.24) is 9.97 Å². The van der Waals surface area contributed by atoms with Crippen molar-refractivity contribution in [3.8, 4) is 5.75 Å². The van der Waals surface area contributed by atoms with E-state index < -0.39 is 0 Å². The largest absolute Gasteiger partial charge is 0.495 e. The minimum Gasteiger partial charge on any atom is -0.495 e. The van der Waals surface area contributed by atoms with Crippen molar-refractivity contribution in [2.45, 2.75) is 13.3 Å². The van der Waals surface area contributed by atoms with Gasteiger partial charge in [-0.05, 0) is 24.6 Å². The maximum absolute atomic E-state index is 6.10. The molecule has 7 heteroatoms. The highest BCUT2D eigenvalue weighted by atomic mass is 35.5. The number of hydrazine groups is 1. The second kappa shape index (κ2) is 6.40. The van der Waals surface area contributed by atoms with Gasteiger partial charge >= 0.3 is 0 Å². The number of benzene rings is 1. The predicted molar refractivity (Wildman–Crippen MR) is 80.5 cm³/mol. The first kappa shape index (κ1) is 14.4. The molecule has 2 rings (SSSR count). The van der Waals surface area contributed by atoms with Crippen LogP contribution in [0.5, 0.6) is 5.75 Å².